The summed E-state index contributed by atoms with van der Waals surface area (Å²) in [5.74, 6) is -0.332. The molecule has 5 nitrogen and oxygen atoms in total. The number of thioether (sulfide) groups is 1. The van der Waals surface area contributed by atoms with Gasteiger partial charge < -0.3 is 9.26 Å². The number of hydrogen-bond donors (Lipinski definition) is 0. The molecule has 0 radical (unpaired) electrons. The van der Waals surface area contributed by atoms with E-state index in [1.807, 2.05) is 18.4 Å². The summed E-state index contributed by atoms with van der Waals surface area (Å²) in [4.78, 5) is 17.2. The van der Waals surface area contributed by atoms with Crippen molar-refractivity contribution in [2.24, 2.45) is 0 Å². The van der Waals surface area contributed by atoms with Crippen LogP contribution in [0.25, 0.3) is 11.4 Å². The number of nitrogens with zero attached hydrogens (tertiary/aromatic N) is 2. The van der Waals surface area contributed by atoms with Crippen LogP contribution in [0.1, 0.15) is 16.2 Å². The van der Waals surface area contributed by atoms with Crippen LogP contribution in [-0.2, 0) is 11.3 Å². The van der Waals surface area contributed by atoms with Crippen LogP contribution in [-0.4, -0.2) is 22.4 Å². The largest absolute Gasteiger partial charge is 0.452 e. The molecule has 1 aromatic heterocycles. The van der Waals surface area contributed by atoms with Crippen LogP contribution >= 0.6 is 11.8 Å². The summed E-state index contributed by atoms with van der Waals surface area (Å²) >= 11 is 1.59. The van der Waals surface area contributed by atoms with Gasteiger partial charge in [0.2, 0.25) is 5.82 Å². The molecule has 122 valence electrons. The molecular formula is C17H13FN2O3S. The number of halogens is 1. The van der Waals surface area contributed by atoms with Gasteiger partial charge in [0.1, 0.15) is 5.82 Å². The standard InChI is InChI=1S/C17H13FN2O3S/c1-24-14-8-4-12(5-9-14)17(21)22-10-15-19-16(20-23-15)11-2-6-13(18)7-3-11/h2-9H,10H2,1H3. The van der Waals surface area contributed by atoms with Crippen molar-refractivity contribution in [2.45, 2.75) is 11.5 Å². The van der Waals surface area contributed by atoms with E-state index in [0.717, 1.165) is 4.90 Å². The van der Waals surface area contributed by atoms with E-state index in [-0.39, 0.29) is 18.3 Å². The monoisotopic (exact) mass is 344 g/mol. The summed E-state index contributed by atoms with van der Waals surface area (Å²) in [5.41, 5.74) is 1.07. The zero-order valence-corrected chi connectivity index (χ0v) is 13.5. The van der Waals surface area contributed by atoms with Gasteiger partial charge in [0.25, 0.3) is 5.89 Å². The first-order valence-electron chi connectivity index (χ1n) is 7.05. The lowest BCUT2D eigenvalue weighted by Gasteiger charge is -2.02. The molecular weight excluding hydrogens is 331 g/mol. The molecule has 0 fully saturated rings. The van der Waals surface area contributed by atoms with E-state index >= 15 is 0 Å². The minimum absolute atomic E-state index is 0.128. The Hall–Kier alpha value is -2.67. The Morgan fingerprint density at radius 2 is 1.88 bits per heavy atom. The fourth-order valence-corrected chi connectivity index (χ4v) is 2.38. The minimum Gasteiger partial charge on any atom is -0.452 e. The molecule has 0 saturated carbocycles. The normalized spacial score (nSPS) is 10.6. The van der Waals surface area contributed by atoms with Crippen molar-refractivity contribution in [3.8, 4) is 11.4 Å². The fraction of sp³-hybridized carbons (Fsp3) is 0.118. The molecule has 0 atom stereocenters. The third-order valence-electron chi connectivity index (χ3n) is 3.22. The number of carbonyl (C=O) groups excluding carboxylic acids is 1. The van der Waals surface area contributed by atoms with E-state index in [4.69, 9.17) is 9.26 Å². The first-order chi connectivity index (χ1) is 11.7. The first-order valence-corrected chi connectivity index (χ1v) is 8.28. The van der Waals surface area contributed by atoms with E-state index in [9.17, 15) is 9.18 Å². The van der Waals surface area contributed by atoms with Crippen molar-refractivity contribution in [1.29, 1.82) is 0 Å². The van der Waals surface area contributed by atoms with Crippen molar-refractivity contribution in [3.05, 3.63) is 65.8 Å². The summed E-state index contributed by atoms with van der Waals surface area (Å²) in [6, 6.07) is 12.8. The van der Waals surface area contributed by atoms with E-state index in [2.05, 4.69) is 10.1 Å². The topological polar surface area (TPSA) is 65.2 Å². The lowest BCUT2D eigenvalue weighted by atomic mass is 10.2. The van der Waals surface area contributed by atoms with Gasteiger partial charge >= 0.3 is 5.97 Å². The fourth-order valence-electron chi connectivity index (χ4n) is 1.97. The molecule has 0 saturated heterocycles. The highest BCUT2D eigenvalue weighted by molar-refractivity contribution is 7.98. The second-order valence-electron chi connectivity index (χ2n) is 4.82. The molecule has 0 aliphatic rings. The highest BCUT2D eigenvalue weighted by Crippen LogP contribution is 2.18. The smallest absolute Gasteiger partial charge is 0.338 e. The molecule has 2 aromatic carbocycles. The van der Waals surface area contributed by atoms with Crippen LogP contribution in [0.5, 0.6) is 0 Å². The second kappa shape index (κ2) is 7.27. The molecule has 3 aromatic rings. The van der Waals surface area contributed by atoms with Gasteiger partial charge in [-0.3, -0.25) is 0 Å². The van der Waals surface area contributed by atoms with Gasteiger partial charge in [-0.1, -0.05) is 5.16 Å². The summed E-state index contributed by atoms with van der Waals surface area (Å²) in [7, 11) is 0. The summed E-state index contributed by atoms with van der Waals surface area (Å²) < 4.78 is 23.1. The molecule has 7 heteroatoms. The lowest BCUT2D eigenvalue weighted by Crippen LogP contribution is -2.05. The SMILES string of the molecule is CSc1ccc(C(=O)OCc2nc(-c3ccc(F)cc3)no2)cc1. The molecule has 0 unspecified atom stereocenters. The molecule has 3 rings (SSSR count). The highest BCUT2D eigenvalue weighted by atomic mass is 32.2. The van der Waals surface area contributed by atoms with Gasteiger partial charge in [-0.25, -0.2) is 9.18 Å². The number of hydrogen-bond acceptors (Lipinski definition) is 6. The molecule has 1 heterocycles. The van der Waals surface area contributed by atoms with E-state index in [1.54, 1.807) is 36.0 Å². The third kappa shape index (κ3) is 3.80. The molecule has 0 amide bonds. The van der Waals surface area contributed by atoms with Crippen molar-refractivity contribution in [3.63, 3.8) is 0 Å². The maximum Gasteiger partial charge on any atom is 0.338 e. The lowest BCUT2D eigenvalue weighted by molar-refractivity contribution is 0.0429. The van der Waals surface area contributed by atoms with Gasteiger partial charge in [-0.2, -0.15) is 4.98 Å². The van der Waals surface area contributed by atoms with Gasteiger partial charge in [0.05, 0.1) is 5.56 Å². The predicted molar refractivity (Wildman–Crippen MR) is 87.0 cm³/mol. The molecule has 0 spiro atoms. The second-order valence-corrected chi connectivity index (χ2v) is 5.70. The first kappa shape index (κ1) is 16.2. The summed E-state index contributed by atoms with van der Waals surface area (Å²) in [6.45, 7) is -0.128. The average Bonchev–Trinajstić information content (AvgIpc) is 3.09. The Balaban J connectivity index is 1.62. The summed E-state index contributed by atoms with van der Waals surface area (Å²) in [5, 5.41) is 3.79. The zero-order chi connectivity index (χ0) is 16.9. The maximum atomic E-state index is 12.9. The van der Waals surface area contributed by atoms with Crippen LogP contribution in [0.2, 0.25) is 0 Å². The van der Waals surface area contributed by atoms with Crippen molar-refractivity contribution >= 4 is 17.7 Å². The third-order valence-corrected chi connectivity index (χ3v) is 3.97. The number of rotatable bonds is 5. The summed E-state index contributed by atoms with van der Waals surface area (Å²) in [6.07, 6.45) is 1.96. The molecule has 0 bridgehead atoms. The van der Waals surface area contributed by atoms with Crippen LogP contribution in [0.4, 0.5) is 4.39 Å². The number of benzene rings is 2. The Kier molecular flexibility index (Phi) is 4.90. The number of aromatic nitrogens is 2. The number of ether oxygens (including phenoxy) is 1. The number of esters is 1. The van der Waals surface area contributed by atoms with E-state index in [1.165, 1.54) is 12.1 Å². The van der Waals surface area contributed by atoms with Crippen LogP contribution < -0.4 is 0 Å². The Bertz CT molecular complexity index is 832. The van der Waals surface area contributed by atoms with Crippen LogP contribution in [0, 0.1) is 5.82 Å². The van der Waals surface area contributed by atoms with E-state index in [0.29, 0.717) is 17.0 Å². The van der Waals surface area contributed by atoms with Crippen molar-refractivity contribution in [1.82, 2.24) is 10.1 Å². The predicted octanol–water partition coefficient (Wildman–Crippen LogP) is 3.95. The molecule has 0 aliphatic carbocycles. The van der Waals surface area contributed by atoms with Gasteiger partial charge in [-0.15, -0.1) is 11.8 Å². The molecule has 0 N–H and O–H groups in total. The molecule has 24 heavy (non-hydrogen) atoms. The number of carbonyl (C=O) groups is 1. The zero-order valence-electron chi connectivity index (χ0n) is 12.7. The van der Waals surface area contributed by atoms with Crippen molar-refractivity contribution < 1.29 is 18.4 Å². The quantitative estimate of drug-likeness (QED) is 0.516. The van der Waals surface area contributed by atoms with Gasteiger partial charge in [-0.05, 0) is 54.8 Å². The average molecular weight is 344 g/mol. The van der Waals surface area contributed by atoms with Crippen LogP contribution in [0.3, 0.4) is 0 Å². The van der Waals surface area contributed by atoms with Gasteiger partial charge in [0.15, 0.2) is 6.61 Å². The highest BCUT2D eigenvalue weighted by Gasteiger charge is 2.12. The Morgan fingerprint density at radius 1 is 1.17 bits per heavy atom. The van der Waals surface area contributed by atoms with Crippen molar-refractivity contribution in [2.75, 3.05) is 6.26 Å². The Labute approximate surface area is 141 Å². The minimum atomic E-state index is -0.468. The molecule has 0 aliphatic heterocycles. The van der Waals surface area contributed by atoms with Crippen LogP contribution in [0.15, 0.2) is 57.9 Å². The maximum absolute atomic E-state index is 12.9. The van der Waals surface area contributed by atoms with Gasteiger partial charge in [0, 0.05) is 10.5 Å². The van der Waals surface area contributed by atoms with E-state index < -0.39 is 5.97 Å². The Morgan fingerprint density at radius 3 is 2.54 bits per heavy atom.